The minimum Gasteiger partial charge on any atom is -0.127 e. The highest BCUT2D eigenvalue weighted by Gasteiger charge is 1.87. The van der Waals surface area contributed by atoms with Gasteiger partial charge in [0.1, 0.15) is 0 Å². The van der Waals surface area contributed by atoms with Gasteiger partial charge in [-0.05, 0) is 19.3 Å². The third kappa shape index (κ3) is 8.03. The van der Waals surface area contributed by atoms with Crippen LogP contribution in [0, 0.1) is 6.58 Å². The molecule has 0 aliphatic carbocycles. The van der Waals surface area contributed by atoms with Crippen LogP contribution in [0.4, 0.5) is 0 Å². The predicted molar refractivity (Wildman–Crippen MR) is 47.3 cm³/mol. The largest absolute Gasteiger partial charge is 0.127 e. The lowest BCUT2D eigenvalue weighted by molar-refractivity contribution is 0.639. The molecule has 0 unspecified atom stereocenters. The first kappa shape index (κ1) is 10.0. The second-order valence-electron chi connectivity index (χ2n) is 2.48. The Balaban J connectivity index is 2.70. The molecule has 0 amide bonds. The predicted octanol–water partition coefficient (Wildman–Crippen LogP) is 3.55. The van der Waals surface area contributed by atoms with Gasteiger partial charge < -0.3 is 0 Å². The van der Waals surface area contributed by atoms with Crippen molar-refractivity contribution >= 4 is 11.6 Å². The van der Waals surface area contributed by atoms with E-state index in [9.17, 15) is 0 Å². The Morgan fingerprint density at radius 2 is 1.60 bits per heavy atom. The summed E-state index contributed by atoms with van der Waals surface area (Å²) >= 11 is 5.52. The lowest BCUT2D eigenvalue weighted by atomic mass is 10.1. The van der Waals surface area contributed by atoms with Crippen molar-refractivity contribution < 1.29 is 0 Å². The molecule has 0 aromatic rings. The van der Waals surface area contributed by atoms with Crippen LogP contribution in [0.15, 0.2) is 6.08 Å². The lowest BCUT2D eigenvalue weighted by Crippen LogP contribution is -1.78. The fraction of sp³-hybridized carbons (Fsp3) is 0.778. The van der Waals surface area contributed by atoms with E-state index in [0.717, 1.165) is 18.7 Å². The van der Waals surface area contributed by atoms with E-state index < -0.39 is 0 Å². The maximum absolute atomic E-state index is 5.52. The zero-order valence-corrected chi connectivity index (χ0v) is 7.24. The van der Waals surface area contributed by atoms with Crippen LogP contribution in [-0.2, 0) is 0 Å². The average molecular weight is 160 g/mol. The zero-order chi connectivity index (χ0) is 7.66. The molecule has 0 bridgehead atoms. The van der Waals surface area contributed by atoms with E-state index in [4.69, 9.17) is 18.2 Å². The van der Waals surface area contributed by atoms with Gasteiger partial charge in [0.2, 0.25) is 0 Å². The quantitative estimate of drug-likeness (QED) is 0.394. The van der Waals surface area contributed by atoms with Gasteiger partial charge in [-0.2, -0.15) is 0 Å². The molecule has 0 aliphatic heterocycles. The normalized spacial score (nSPS) is 9.70. The van der Waals surface area contributed by atoms with Crippen LogP contribution >= 0.6 is 11.6 Å². The maximum Gasteiger partial charge on any atom is 0.0223 e. The summed E-state index contributed by atoms with van der Waals surface area (Å²) in [5, 5.41) is 0. The Bertz CT molecular complexity index is 69.1. The second-order valence-corrected chi connectivity index (χ2v) is 2.86. The van der Waals surface area contributed by atoms with Crippen LogP contribution in [0.3, 0.4) is 0 Å². The van der Waals surface area contributed by atoms with Gasteiger partial charge in [-0.15, -0.1) is 11.6 Å². The lowest BCUT2D eigenvalue weighted by Gasteiger charge is -1.95. The maximum atomic E-state index is 5.52. The van der Waals surface area contributed by atoms with Crippen LogP contribution in [0.5, 0.6) is 0 Å². The van der Waals surface area contributed by atoms with Gasteiger partial charge in [0.05, 0.1) is 0 Å². The highest BCUT2D eigenvalue weighted by Crippen LogP contribution is 2.05. The van der Waals surface area contributed by atoms with E-state index in [2.05, 4.69) is 0 Å². The highest BCUT2D eigenvalue weighted by molar-refractivity contribution is 6.17. The minimum absolute atomic E-state index is 0.809. The number of alkyl halides is 1. The van der Waals surface area contributed by atoms with E-state index in [1.807, 2.05) is 0 Å². The fourth-order valence-electron chi connectivity index (χ4n) is 0.887. The Morgan fingerprint density at radius 1 is 1.00 bits per heavy atom. The molecule has 0 atom stereocenters. The minimum atomic E-state index is 0.809. The number of rotatable bonds is 7. The monoisotopic (exact) mass is 159 g/mol. The second kappa shape index (κ2) is 9.03. The van der Waals surface area contributed by atoms with Gasteiger partial charge in [0.25, 0.3) is 0 Å². The molecule has 1 heteroatoms. The van der Waals surface area contributed by atoms with Crippen molar-refractivity contribution in [2.75, 3.05) is 5.88 Å². The van der Waals surface area contributed by atoms with Crippen molar-refractivity contribution in [3.8, 4) is 0 Å². The molecule has 0 aromatic carbocycles. The molecule has 1 radical (unpaired) electrons. The van der Waals surface area contributed by atoms with Gasteiger partial charge in [0.15, 0.2) is 0 Å². The molecule has 10 heavy (non-hydrogen) atoms. The van der Waals surface area contributed by atoms with E-state index in [0.29, 0.717) is 0 Å². The molecule has 0 nitrogen and oxygen atoms in total. The number of allylic oxidation sites excluding steroid dienone is 1. The number of hydrogen-bond donors (Lipinski definition) is 0. The van der Waals surface area contributed by atoms with Gasteiger partial charge in [-0.3, -0.25) is 0 Å². The first-order valence-electron chi connectivity index (χ1n) is 4.01. The SMILES string of the molecule is [CH]=CCCCCCCCCl. The molecule has 0 N–H and O–H groups in total. The van der Waals surface area contributed by atoms with Crippen molar-refractivity contribution in [3.63, 3.8) is 0 Å². The van der Waals surface area contributed by atoms with Crippen LogP contribution in [0.1, 0.15) is 38.5 Å². The van der Waals surface area contributed by atoms with Crippen LogP contribution in [-0.4, -0.2) is 5.88 Å². The fourth-order valence-corrected chi connectivity index (χ4v) is 1.08. The summed E-state index contributed by atoms with van der Waals surface area (Å²) in [5.74, 6) is 0.809. The molecule has 0 heterocycles. The van der Waals surface area contributed by atoms with Gasteiger partial charge in [-0.1, -0.05) is 31.9 Å². The Morgan fingerprint density at radius 3 is 2.20 bits per heavy atom. The van der Waals surface area contributed by atoms with Crippen LogP contribution in [0.2, 0.25) is 0 Å². The van der Waals surface area contributed by atoms with Gasteiger partial charge in [0, 0.05) is 5.88 Å². The summed E-state index contributed by atoms with van der Waals surface area (Å²) in [4.78, 5) is 0. The van der Waals surface area contributed by atoms with Crippen molar-refractivity contribution in [3.05, 3.63) is 12.7 Å². The molecule has 0 aliphatic rings. The number of unbranched alkanes of at least 4 members (excludes halogenated alkanes) is 5. The summed E-state index contributed by atoms with van der Waals surface area (Å²) in [5.41, 5.74) is 0. The summed E-state index contributed by atoms with van der Waals surface area (Å²) in [6.07, 6.45) is 9.06. The van der Waals surface area contributed by atoms with Crippen molar-refractivity contribution in [2.45, 2.75) is 38.5 Å². The molecule has 0 fully saturated rings. The highest BCUT2D eigenvalue weighted by atomic mass is 35.5. The van der Waals surface area contributed by atoms with Crippen molar-refractivity contribution in [1.82, 2.24) is 0 Å². The summed E-state index contributed by atoms with van der Waals surface area (Å²) < 4.78 is 0. The van der Waals surface area contributed by atoms with Crippen LogP contribution < -0.4 is 0 Å². The first-order valence-corrected chi connectivity index (χ1v) is 4.54. The molecule has 0 saturated carbocycles. The molecule has 0 saturated heterocycles. The summed E-state index contributed by atoms with van der Waals surface area (Å²) in [6.45, 7) is 5.22. The molecular weight excluding hydrogens is 144 g/mol. The standard InChI is InChI=1S/C9H16Cl/c1-2-3-4-5-6-7-8-9-10/h1-2H,3-9H2. The topological polar surface area (TPSA) is 0 Å². The van der Waals surface area contributed by atoms with Crippen molar-refractivity contribution in [2.24, 2.45) is 0 Å². The Labute approximate surface area is 69.3 Å². The average Bonchev–Trinajstić information content (AvgIpc) is 1.97. The number of hydrogen-bond acceptors (Lipinski definition) is 0. The molecule has 0 spiro atoms. The zero-order valence-electron chi connectivity index (χ0n) is 6.48. The smallest absolute Gasteiger partial charge is 0.0223 e. The van der Waals surface area contributed by atoms with Gasteiger partial charge in [-0.25, -0.2) is 0 Å². The van der Waals surface area contributed by atoms with E-state index >= 15 is 0 Å². The molecule has 59 valence electrons. The van der Waals surface area contributed by atoms with Crippen LogP contribution in [0.25, 0.3) is 0 Å². The molecular formula is C9H16Cl. The third-order valence-corrected chi connectivity index (χ3v) is 1.77. The number of halogens is 1. The summed E-state index contributed by atoms with van der Waals surface area (Å²) in [7, 11) is 0. The molecule has 0 rings (SSSR count). The van der Waals surface area contributed by atoms with E-state index in [1.54, 1.807) is 6.08 Å². The first-order chi connectivity index (χ1) is 4.91. The Hall–Kier alpha value is 0.0300. The third-order valence-electron chi connectivity index (χ3n) is 1.50. The summed E-state index contributed by atoms with van der Waals surface area (Å²) in [6, 6.07) is 0. The van der Waals surface area contributed by atoms with Crippen molar-refractivity contribution in [1.29, 1.82) is 0 Å². The Kier molecular flexibility index (Phi) is 9.06. The van der Waals surface area contributed by atoms with E-state index in [-0.39, 0.29) is 0 Å². The molecule has 0 aromatic heterocycles. The van der Waals surface area contributed by atoms with E-state index in [1.165, 1.54) is 25.7 Å². The van der Waals surface area contributed by atoms with Gasteiger partial charge >= 0.3 is 0 Å².